The summed E-state index contributed by atoms with van der Waals surface area (Å²) < 4.78 is 21.3. The van der Waals surface area contributed by atoms with Crippen molar-refractivity contribution in [3.05, 3.63) is 62.9 Å². The van der Waals surface area contributed by atoms with Crippen molar-refractivity contribution >= 4 is 75.8 Å². The molecule has 0 amide bonds. The fraction of sp³-hybridized carbons (Fsp3) is 0.857. The molecule has 0 aliphatic rings. The summed E-state index contributed by atoms with van der Waals surface area (Å²) in [6.07, 6.45) is 4.67. The van der Waals surface area contributed by atoms with E-state index >= 15 is 0 Å². The van der Waals surface area contributed by atoms with Gasteiger partial charge in [0, 0.05) is 35.6 Å². The Morgan fingerprint density at radius 2 is 0.530 bits per heavy atom. The van der Waals surface area contributed by atoms with Crippen LogP contribution in [0.15, 0.2) is 28.8 Å². The summed E-state index contributed by atoms with van der Waals surface area (Å²) in [5, 5.41) is 0.995. The number of thiol groups is 6. The first-order chi connectivity index (χ1) is 31.0. The Kier molecular flexibility index (Phi) is 31.8. The number of rotatable bonds is 33. The van der Waals surface area contributed by atoms with Gasteiger partial charge >= 0.3 is 34.1 Å². The second-order valence-electron chi connectivity index (χ2n) is 16.8. The second kappa shape index (κ2) is 33.7. The van der Waals surface area contributed by atoms with E-state index in [0.29, 0.717) is 53.3 Å². The zero-order chi connectivity index (χ0) is 50.1. The molecule has 0 saturated carbocycles. The molecule has 0 aliphatic heterocycles. The van der Waals surface area contributed by atoms with Gasteiger partial charge in [0.05, 0.1) is 39.5 Å². The molecule has 66 heavy (non-hydrogen) atoms. The lowest BCUT2D eigenvalue weighted by Crippen LogP contribution is -2.61. The predicted octanol–water partition coefficient (Wildman–Crippen LogP) is 3.27. The van der Waals surface area contributed by atoms with Crippen molar-refractivity contribution in [2.45, 2.75) is 190 Å². The molecule has 2 rings (SSSR count). The van der Waals surface area contributed by atoms with E-state index in [1.54, 1.807) is 20.8 Å². The second-order valence-corrected chi connectivity index (χ2v) is 22.1. The van der Waals surface area contributed by atoms with Gasteiger partial charge in [-0.2, -0.15) is 75.8 Å². The highest BCUT2D eigenvalue weighted by Crippen LogP contribution is 2.09. The van der Waals surface area contributed by atoms with Crippen LogP contribution in [0.5, 0.6) is 0 Å². The van der Waals surface area contributed by atoms with Crippen LogP contribution in [0, 0.1) is 0 Å². The molecule has 0 radical (unpaired) electrons. The monoisotopic (exact) mass is 1050 g/mol. The van der Waals surface area contributed by atoms with Crippen molar-refractivity contribution in [2.75, 3.05) is 39.6 Å². The van der Waals surface area contributed by atoms with E-state index in [0.717, 1.165) is 52.2 Å². The van der Waals surface area contributed by atoms with Crippen molar-refractivity contribution in [3.8, 4) is 0 Å². The zero-order valence-electron chi connectivity index (χ0n) is 40.2. The summed E-state index contributed by atoms with van der Waals surface area (Å²) in [5.74, 6) is 0. The first-order valence-electron chi connectivity index (χ1n) is 22.8. The number of hydrogen-bond acceptors (Lipinski definition) is 18. The van der Waals surface area contributed by atoms with Gasteiger partial charge in [-0.1, -0.05) is 55.7 Å². The number of hydrogen-bond donors (Lipinski definition) is 6. The molecule has 0 bridgehead atoms. The largest absolute Gasteiger partial charge is 0.403 e. The van der Waals surface area contributed by atoms with Crippen LogP contribution < -0.4 is 48.7 Å². The molecule has 9 atom stereocenters. The summed E-state index contributed by atoms with van der Waals surface area (Å²) in [6, 6.07) is 0. The zero-order valence-corrected chi connectivity index (χ0v) is 45.6. The normalized spacial score (nSPS) is 15.7. The van der Waals surface area contributed by atoms with Crippen molar-refractivity contribution in [1.82, 2.24) is 27.9 Å². The summed E-state index contributed by atoms with van der Waals surface area (Å²) in [5.41, 5.74) is -5.04. The molecule has 0 spiro atoms. The molecule has 9 unspecified atom stereocenters. The molecule has 2 aromatic rings. The maximum Gasteiger partial charge on any atom is 0.403 e. The van der Waals surface area contributed by atoms with E-state index in [-0.39, 0.29) is 71.0 Å². The molecule has 24 heteroatoms. The summed E-state index contributed by atoms with van der Waals surface area (Å²) in [6.45, 7) is 19.0. The molecule has 0 fully saturated rings. The first-order valence-corrected chi connectivity index (χ1v) is 25.9. The lowest BCUT2D eigenvalue weighted by atomic mass is 10.2. The molecular weight excluding hydrogens is 973 g/mol. The minimum absolute atomic E-state index is 0.0505. The van der Waals surface area contributed by atoms with E-state index in [2.05, 4.69) is 75.8 Å². The average molecular weight is 1050 g/mol. The Hall–Kier alpha value is -1.80. The molecule has 2 heterocycles. The third-order valence-corrected chi connectivity index (χ3v) is 11.2. The Morgan fingerprint density at radius 1 is 0.318 bits per heavy atom. The fourth-order valence-corrected chi connectivity index (χ4v) is 6.44. The van der Waals surface area contributed by atoms with Crippen LogP contribution in [0.1, 0.15) is 120 Å². The maximum absolute atomic E-state index is 13.0. The lowest BCUT2D eigenvalue weighted by Gasteiger charge is -2.21. The number of nitrogens with zero attached hydrogens (tertiary/aromatic N) is 6. The topological polar surface area (TPSA) is 187 Å². The van der Waals surface area contributed by atoms with Gasteiger partial charge < -0.3 is 28.7 Å². The Labute approximate surface area is 422 Å². The van der Waals surface area contributed by atoms with Gasteiger partial charge in [0.2, 0.25) is 0 Å². The van der Waals surface area contributed by atoms with Crippen molar-refractivity contribution in [3.63, 3.8) is 0 Å². The van der Waals surface area contributed by atoms with Crippen molar-refractivity contribution < 1.29 is 28.7 Å². The highest BCUT2D eigenvalue weighted by atomic mass is 32.1. The standard InChI is InChI=1S/2C21H39N3O6S3/c1-13(7-10-16(4)31)28-22-19(25)23(29-14(2)8-11-17(5)32)21(27)24(20(22)26)30-15(3)9-12-18(6)33;1-16(31)4-10-28-13-7-22-19(25)23(8-14-29-11-5-17(2)32)21(27)24(20(22)26)9-15-30-12-6-18(3)33/h13-18,31-33H,7-12H2,1-6H3;16-18,31-33H,4-15H2,1-3H3. The van der Waals surface area contributed by atoms with Gasteiger partial charge in [-0.15, -0.1) is 0 Å². The van der Waals surface area contributed by atoms with E-state index in [1.165, 1.54) is 0 Å². The van der Waals surface area contributed by atoms with Crippen LogP contribution in [-0.4, -0.2) is 117 Å². The molecule has 0 aromatic carbocycles. The van der Waals surface area contributed by atoms with Crippen molar-refractivity contribution in [1.29, 1.82) is 0 Å². The van der Waals surface area contributed by atoms with Crippen LogP contribution in [0.3, 0.4) is 0 Å². The maximum atomic E-state index is 13.0. The molecule has 0 N–H and O–H groups in total. The van der Waals surface area contributed by atoms with Crippen molar-refractivity contribution in [2.24, 2.45) is 0 Å². The molecule has 0 aliphatic carbocycles. The predicted molar refractivity (Wildman–Crippen MR) is 281 cm³/mol. The highest BCUT2D eigenvalue weighted by molar-refractivity contribution is 7.81. The van der Waals surface area contributed by atoms with E-state index in [9.17, 15) is 28.8 Å². The van der Waals surface area contributed by atoms with Gasteiger partial charge in [0.1, 0.15) is 18.3 Å². The lowest BCUT2D eigenvalue weighted by molar-refractivity contribution is -0.0589. The van der Waals surface area contributed by atoms with E-state index in [1.807, 2.05) is 41.5 Å². The highest BCUT2D eigenvalue weighted by Gasteiger charge is 2.24. The van der Waals surface area contributed by atoms with Gasteiger partial charge in [-0.05, 0) is 94.3 Å². The van der Waals surface area contributed by atoms with Gasteiger partial charge in [-0.3, -0.25) is 0 Å². The third kappa shape index (κ3) is 24.7. The summed E-state index contributed by atoms with van der Waals surface area (Å²) in [7, 11) is 0. The van der Waals surface area contributed by atoms with Crippen LogP contribution >= 0.6 is 75.8 Å². The quantitative estimate of drug-likeness (QED) is 0.0454. The minimum atomic E-state index is -1.02. The fourth-order valence-electron chi connectivity index (χ4n) is 5.68. The SMILES string of the molecule is CC(S)CCC(C)On1c(=O)n(OC(C)CCC(C)S)c(=O)n(OC(C)CCC(C)S)c1=O.CC(S)CCOCCn1c(=O)n(CCOCCC(C)S)c(=O)n(CCOCCC(C)S)c1=O. The van der Waals surface area contributed by atoms with E-state index < -0.39 is 52.5 Å². The first kappa shape index (κ1) is 62.2. The Bertz CT molecular complexity index is 1750. The molecule has 2 aromatic heterocycles. The van der Waals surface area contributed by atoms with Crippen LogP contribution in [-0.2, 0) is 33.8 Å². The smallest absolute Gasteiger partial charge is 0.402 e. The van der Waals surface area contributed by atoms with E-state index in [4.69, 9.17) is 28.7 Å². The van der Waals surface area contributed by atoms with Crippen LogP contribution in [0.2, 0.25) is 0 Å². The minimum Gasteiger partial charge on any atom is -0.402 e. The van der Waals surface area contributed by atoms with Gasteiger partial charge in [-0.25, -0.2) is 42.5 Å². The average Bonchev–Trinajstić information content (AvgIpc) is 3.23. The molecular formula is C42H78N6O12S6. The molecule has 0 saturated heterocycles. The molecule has 384 valence electrons. The van der Waals surface area contributed by atoms with Gasteiger partial charge in [0.15, 0.2) is 0 Å². The third-order valence-electron chi connectivity index (χ3n) is 9.67. The van der Waals surface area contributed by atoms with Crippen LogP contribution in [0.4, 0.5) is 0 Å². The number of ether oxygens (including phenoxy) is 3. The summed E-state index contributed by atoms with van der Waals surface area (Å²) >= 11 is 25.9. The Morgan fingerprint density at radius 3 is 0.727 bits per heavy atom. The van der Waals surface area contributed by atoms with Crippen LogP contribution in [0.25, 0.3) is 0 Å². The molecule has 18 nitrogen and oxygen atoms in total. The number of aromatic nitrogens is 6. The summed E-state index contributed by atoms with van der Waals surface area (Å²) in [4.78, 5) is 94.5. The Balaban J connectivity index is 0.000000660. The van der Waals surface area contributed by atoms with Gasteiger partial charge in [0.25, 0.3) is 0 Å².